The molecule has 2 atom stereocenters. The quantitative estimate of drug-likeness (QED) is 0.554. The van der Waals surface area contributed by atoms with Gasteiger partial charge in [-0.1, -0.05) is 45.4 Å². The third kappa shape index (κ3) is 7.84. The van der Waals surface area contributed by atoms with Crippen molar-refractivity contribution in [3.63, 3.8) is 0 Å². The number of alkyl carbamates (subject to hydrolysis) is 1. The van der Waals surface area contributed by atoms with Crippen LogP contribution in [-0.4, -0.2) is 48.0 Å². The van der Waals surface area contributed by atoms with Crippen molar-refractivity contribution >= 4 is 17.9 Å². The first kappa shape index (κ1) is 27.5. The Morgan fingerprint density at radius 2 is 1.66 bits per heavy atom. The van der Waals surface area contributed by atoms with Gasteiger partial charge in [-0.15, -0.1) is 0 Å². The number of rotatable bonds is 9. The number of carbonyl (C=O) groups is 3. The Bertz CT molecular complexity index is 779. The number of hydrogen-bond acceptors (Lipinski definition) is 4. The average Bonchev–Trinajstić information content (AvgIpc) is 2.66. The molecule has 1 aromatic carbocycles. The van der Waals surface area contributed by atoms with Crippen LogP contribution in [0.1, 0.15) is 77.1 Å². The predicted molar refractivity (Wildman–Crippen MR) is 127 cm³/mol. The lowest BCUT2D eigenvalue weighted by Gasteiger charge is -2.34. The van der Waals surface area contributed by atoms with Gasteiger partial charge in [0.15, 0.2) is 0 Å². The Morgan fingerprint density at radius 1 is 1.09 bits per heavy atom. The maximum absolute atomic E-state index is 13.5. The van der Waals surface area contributed by atoms with Crippen molar-refractivity contribution in [1.29, 1.82) is 0 Å². The molecule has 3 amide bonds. The van der Waals surface area contributed by atoms with Crippen LogP contribution in [0.25, 0.3) is 0 Å². The van der Waals surface area contributed by atoms with Gasteiger partial charge in [0.2, 0.25) is 11.8 Å². The Balaban J connectivity index is 3.28. The summed E-state index contributed by atoms with van der Waals surface area (Å²) in [5, 5.41) is 5.66. The largest absolute Gasteiger partial charge is 0.444 e. The summed E-state index contributed by atoms with van der Waals surface area (Å²) in [4.78, 5) is 40.6. The van der Waals surface area contributed by atoms with Crippen LogP contribution in [-0.2, 0) is 14.3 Å². The maximum atomic E-state index is 13.5. The van der Waals surface area contributed by atoms with Gasteiger partial charge in [-0.25, -0.2) is 4.79 Å². The Morgan fingerprint density at radius 3 is 2.12 bits per heavy atom. The van der Waals surface area contributed by atoms with Crippen molar-refractivity contribution in [2.75, 3.05) is 13.6 Å². The van der Waals surface area contributed by atoms with Crippen LogP contribution in [0.5, 0.6) is 0 Å². The summed E-state index contributed by atoms with van der Waals surface area (Å²) in [5.74, 6) is -0.769. The molecule has 1 aromatic rings. The minimum Gasteiger partial charge on any atom is -0.444 e. The van der Waals surface area contributed by atoms with Gasteiger partial charge in [-0.05, 0) is 63.6 Å². The van der Waals surface area contributed by atoms with Gasteiger partial charge in [-0.3, -0.25) is 9.59 Å². The molecule has 7 nitrogen and oxygen atoms in total. The summed E-state index contributed by atoms with van der Waals surface area (Å²) in [6, 6.07) is 4.17. The van der Waals surface area contributed by atoms with E-state index in [2.05, 4.69) is 17.6 Å². The number of nitrogens with zero attached hydrogens (tertiary/aromatic N) is 1. The number of likely N-dealkylation sites (N-methyl/N-ethyl adjacent to an activating group) is 1. The van der Waals surface area contributed by atoms with Crippen LogP contribution in [0.2, 0.25) is 0 Å². The number of aryl methyl sites for hydroxylation is 2. The lowest BCUT2D eigenvalue weighted by Crippen LogP contribution is -2.53. The fraction of sp³-hybridized carbons (Fsp3) is 0.640. The molecule has 0 heterocycles. The maximum Gasteiger partial charge on any atom is 0.408 e. The van der Waals surface area contributed by atoms with Crippen LogP contribution in [0, 0.1) is 19.8 Å². The summed E-state index contributed by atoms with van der Waals surface area (Å²) in [7, 11) is 1.62. The van der Waals surface area contributed by atoms with E-state index < -0.39 is 23.8 Å². The number of unbranched alkanes of at least 4 members (excludes halogenated alkanes) is 1. The molecule has 0 fully saturated rings. The molecule has 0 saturated heterocycles. The molecule has 7 heteroatoms. The van der Waals surface area contributed by atoms with Crippen molar-refractivity contribution in [2.24, 2.45) is 5.92 Å². The summed E-state index contributed by atoms with van der Waals surface area (Å²) in [5.41, 5.74) is 1.99. The van der Waals surface area contributed by atoms with Crippen molar-refractivity contribution < 1.29 is 19.1 Å². The highest BCUT2D eigenvalue weighted by Crippen LogP contribution is 2.28. The lowest BCUT2D eigenvalue weighted by molar-refractivity contribution is -0.141. The molecule has 0 aliphatic heterocycles. The number of hydrogen-bond donors (Lipinski definition) is 2. The molecule has 0 radical (unpaired) electrons. The molecule has 0 saturated carbocycles. The van der Waals surface area contributed by atoms with Crippen molar-refractivity contribution in [1.82, 2.24) is 15.5 Å². The lowest BCUT2D eigenvalue weighted by atomic mass is 9.93. The molecule has 0 spiro atoms. The zero-order valence-corrected chi connectivity index (χ0v) is 21.2. The van der Waals surface area contributed by atoms with Crippen molar-refractivity contribution in [2.45, 2.75) is 85.9 Å². The van der Waals surface area contributed by atoms with Gasteiger partial charge < -0.3 is 20.3 Å². The normalized spacial score (nSPS) is 13.3. The molecule has 0 aliphatic carbocycles. The first-order valence-corrected chi connectivity index (χ1v) is 11.4. The molecule has 2 unspecified atom stereocenters. The summed E-state index contributed by atoms with van der Waals surface area (Å²) < 4.78 is 5.34. The van der Waals surface area contributed by atoms with E-state index in [4.69, 9.17) is 4.74 Å². The Hall–Kier alpha value is -2.57. The number of ether oxygens (including phenoxy) is 1. The topological polar surface area (TPSA) is 87.7 Å². The fourth-order valence-electron chi connectivity index (χ4n) is 3.54. The number of nitrogens with one attached hydrogen (secondary N) is 2. The highest BCUT2D eigenvalue weighted by molar-refractivity contribution is 5.92. The van der Waals surface area contributed by atoms with E-state index in [1.54, 1.807) is 27.8 Å². The fourth-order valence-corrected chi connectivity index (χ4v) is 3.54. The van der Waals surface area contributed by atoms with Gasteiger partial charge in [0.05, 0.1) is 0 Å². The summed E-state index contributed by atoms with van der Waals surface area (Å²) >= 11 is 0. The number of carbonyl (C=O) groups excluding carboxylic acids is 3. The highest BCUT2D eigenvalue weighted by Gasteiger charge is 2.36. The second kappa shape index (κ2) is 11.9. The summed E-state index contributed by atoms with van der Waals surface area (Å²) in [6.07, 6.45) is 1.16. The zero-order valence-electron chi connectivity index (χ0n) is 21.2. The van der Waals surface area contributed by atoms with Crippen LogP contribution >= 0.6 is 0 Å². The number of benzene rings is 1. The molecular formula is C25H41N3O4. The second-order valence-corrected chi connectivity index (χ2v) is 9.67. The minimum absolute atomic E-state index is 0.195. The Kier molecular flexibility index (Phi) is 10.2. The SMILES string of the molecule is CCCCNC(=O)C(c1c(C)cccc1C)N(C)C(=O)C(NC(=O)OC(C)(C)C)C(C)C. The van der Waals surface area contributed by atoms with E-state index in [0.29, 0.717) is 6.54 Å². The molecule has 0 bridgehead atoms. The van der Waals surface area contributed by atoms with E-state index in [0.717, 1.165) is 29.5 Å². The van der Waals surface area contributed by atoms with E-state index in [1.165, 1.54) is 4.90 Å². The second-order valence-electron chi connectivity index (χ2n) is 9.67. The van der Waals surface area contributed by atoms with Crippen molar-refractivity contribution in [3.8, 4) is 0 Å². The molecule has 2 N–H and O–H groups in total. The van der Waals surface area contributed by atoms with Crippen LogP contribution < -0.4 is 10.6 Å². The van der Waals surface area contributed by atoms with Gasteiger partial charge >= 0.3 is 6.09 Å². The smallest absolute Gasteiger partial charge is 0.408 e. The van der Waals surface area contributed by atoms with E-state index >= 15 is 0 Å². The van der Waals surface area contributed by atoms with Crippen LogP contribution in [0.4, 0.5) is 4.79 Å². The molecule has 32 heavy (non-hydrogen) atoms. The number of amides is 3. The third-order valence-electron chi connectivity index (χ3n) is 5.23. The van der Waals surface area contributed by atoms with E-state index in [9.17, 15) is 14.4 Å². The molecule has 180 valence electrons. The van der Waals surface area contributed by atoms with Crippen LogP contribution in [0.15, 0.2) is 18.2 Å². The average molecular weight is 448 g/mol. The third-order valence-corrected chi connectivity index (χ3v) is 5.23. The zero-order chi connectivity index (χ0) is 24.6. The van der Waals surface area contributed by atoms with E-state index in [-0.39, 0.29) is 17.7 Å². The predicted octanol–water partition coefficient (Wildman–Crippen LogP) is 4.27. The monoisotopic (exact) mass is 447 g/mol. The molecular weight excluding hydrogens is 406 g/mol. The first-order chi connectivity index (χ1) is 14.8. The Labute approximate surface area is 193 Å². The standard InChI is InChI=1S/C25H41N3O4/c1-10-11-15-26-22(29)21(19-17(4)13-12-14-18(19)5)28(9)23(30)20(16(2)3)27-24(31)32-25(6,7)8/h12-14,16,20-21H,10-11,15H2,1-9H3,(H,26,29)(H,27,31). The molecule has 0 aromatic heterocycles. The van der Waals surface area contributed by atoms with Gasteiger partial charge in [0.25, 0.3) is 0 Å². The van der Waals surface area contributed by atoms with Crippen LogP contribution in [0.3, 0.4) is 0 Å². The summed E-state index contributed by atoms with van der Waals surface area (Å²) in [6.45, 7) is 15.5. The van der Waals surface area contributed by atoms with Gasteiger partial charge in [0.1, 0.15) is 17.7 Å². The molecule has 1 rings (SSSR count). The van der Waals surface area contributed by atoms with E-state index in [1.807, 2.05) is 45.9 Å². The van der Waals surface area contributed by atoms with Crippen molar-refractivity contribution in [3.05, 3.63) is 34.9 Å². The highest BCUT2D eigenvalue weighted by atomic mass is 16.6. The molecule has 0 aliphatic rings. The minimum atomic E-state index is -0.829. The van der Waals surface area contributed by atoms with Gasteiger partial charge in [0, 0.05) is 13.6 Å². The first-order valence-electron chi connectivity index (χ1n) is 11.4. The van der Waals surface area contributed by atoms with Gasteiger partial charge in [-0.2, -0.15) is 0 Å².